The summed E-state index contributed by atoms with van der Waals surface area (Å²) in [7, 11) is 0. The molecule has 1 aliphatic heterocycles. The van der Waals surface area contributed by atoms with E-state index in [4.69, 9.17) is 9.47 Å². The van der Waals surface area contributed by atoms with Gasteiger partial charge in [-0.1, -0.05) is 32.1 Å². The maximum Gasteiger partial charge on any atom is 0.338 e. The molecule has 2 aliphatic rings. The Hall–Kier alpha value is -2.05. The second-order valence-electron chi connectivity index (χ2n) is 6.64. The molecule has 0 bridgehead atoms. The highest BCUT2D eigenvalue weighted by Crippen LogP contribution is 2.27. The molecule has 1 aliphatic carbocycles. The SMILES string of the molecule is CCOC(=O)C1=C(COC(=O)CCC2CCCCC2)NC(=O)N[C@H]1C. The standard InChI is InChI=1S/C18H28N2O5/c1-3-24-17(22)16-12(2)19-18(23)20-14(16)11-25-15(21)10-9-13-7-5-4-6-8-13/h12-13H,3-11H2,1-2H3,(H2,19,20,23)/t12-/m0/s1. The molecule has 1 heterocycles. The summed E-state index contributed by atoms with van der Waals surface area (Å²) in [5, 5.41) is 5.15. The van der Waals surface area contributed by atoms with E-state index in [9.17, 15) is 14.4 Å². The van der Waals surface area contributed by atoms with Crippen LogP contribution in [0.15, 0.2) is 11.3 Å². The van der Waals surface area contributed by atoms with E-state index in [0.29, 0.717) is 23.6 Å². The molecule has 0 radical (unpaired) electrons. The fraction of sp³-hybridized carbons (Fsp3) is 0.722. The van der Waals surface area contributed by atoms with Gasteiger partial charge in [0.25, 0.3) is 0 Å². The van der Waals surface area contributed by atoms with Gasteiger partial charge in [-0.15, -0.1) is 0 Å². The van der Waals surface area contributed by atoms with Crippen LogP contribution in [-0.4, -0.2) is 37.2 Å². The predicted octanol–water partition coefficient (Wildman–Crippen LogP) is 2.41. The Morgan fingerprint density at radius 1 is 1.16 bits per heavy atom. The molecule has 7 nitrogen and oxygen atoms in total. The van der Waals surface area contributed by atoms with Crippen molar-refractivity contribution in [3.05, 3.63) is 11.3 Å². The smallest absolute Gasteiger partial charge is 0.338 e. The van der Waals surface area contributed by atoms with Crippen molar-refractivity contribution in [2.75, 3.05) is 13.2 Å². The minimum Gasteiger partial charge on any atom is -0.463 e. The Kier molecular flexibility index (Phi) is 7.28. The topological polar surface area (TPSA) is 93.7 Å². The molecule has 2 amide bonds. The third-order valence-corrected chi connectivity index (χ3v) is 4.72. The first kappa shape index (κ1) is 19.3. The van der Waals surface area contributed by atoms with Gasteiger partial charge in [-0.2, -0.15) is 0 Å². The highest BCUT2D eigenvalue weighted by atomic mass is 16.5. The van der Waals surface area contributed by atoms with Gasteiger partial charge in [0, 0.05) is 6.42 Å². The quantitative estimate of drug-likeness (QED) is 0.686. The largest absolute Gasteiger partial charge is 0.463 e. The van der Waals surface area contributed by atoms with Gasteiger partial charge in [0.15, 0.2) is 0 Å². The molecule has 0 unspecified atom stereocenters. The van der Waals surface area contributed by atoms with E-state index in [-0.39, 0.29) is 19.2 Å². The van der Waals surface area contributed by atoms with Gasteiger partial charge in [0.1, 0.15) is 6.61 Å². The van der Waals surface area contributed by atoms with Crippen LogP contribution in [0.4, 0.5) is 4.79 Å². The number of amides is 2. The van der Waals surface area contributed by atoms with E-state index in [1.54, 1.807) is 13.8 Å². The normalized spacial score (nSPS) is 21.4. The van der Waals surface area contributed by atoms with Crippen LogP contribution >= 0.6 is 0 Å². The van der Waals surface area contributed by atoms with Gasteiger partial charge >= 0.3 is 18.0 Å². The van der Waals surface area contributed by atoms with Crippen LogP contribution in [-0.2, 0) is 19.1 Å². The molecule has 2 N–H and O–H groups in total. The Morgan fingerprint density at radius 3 is 2.56 bits per heavy atom. The van der Waals surface area contributed by atoms with Crippen molar-refractivity contribution in [1.82, 2.24) is 10.6 Å². The number of hydrogen-bond donors (Lipinski definition) is 2. The summed E-state index contributed by atoms with van der Waals surface area (Å²) < 4.78 is 10.3. The van der Waals surface area contributed by atoms with Gasteiger partial charge in [-0.05, 0) is 26.2 Å². The van der Waals surface area contributed by atoms with Gasteiger partial charge in [-0.3, -0.25) is 4.79 Å². The number of ether oxygens (including phenoxy) is 2. The zero-order valence-corrected chi connectivity index (χ0v) is 15.1. The number of nitrogens with one attached hydrogen (secondary N) is 2. The molecule has 0 aromatic carbocycles. The zero-order valence-electron chi connectivity index (χ0n) is 15.1. The van der Waals surface area contributed by atoms with Gasteiger partial charge in [-0.25, -0.2) is 9.59 Å². The highest BCUT2D eigenvalue weighted by molar-refractivity contribution is 5.94. The fourth-order valence-electron chi connectivity index (χ4n) is 3.42. The number of carbonyl (C=O) groups excluding carboxylic acids is 3. The second kappa shape index (κ2) is 9.44. The predicted molar refractivity (Wildman–Crippen MR) is 91.6 cm³/mol. The number of rotatable bonds is 7. The molecular formula is C18H28N2O5. The molecule has 2 rings (SSSR count). The van der Waals surface area contributed by atoms with Gasteiger partial charge in [0.05, 0.1) is 23.9 Å². The maximum atomic E-state index is 12.1. The summed E-state index contributed by atoms with van der Waals surface area (Å²) in [6, 6.07) is -0.919. The highest BCUT2D eigenvalue weighted by Gasteiger charge is 2.30. The van der Waals surface area contributed by atoms with E-state index < -0.39 is 18.0 Å². The Balaban J connectivity index is 1.90. The van der Waals surface area contributed by atoms with E-state index in [0.717, 1.165) is 6.42 Å². The van der Waals surface area contributed by atoms with E-state index in [1.165, 1.54) is 32.1 Å². The second-order valence-corrected chi connectivity index (χ2v) is 6.64. The average molecular weight is 352 g/mol. The number of carbonyl (C=O) groups is 3. The van der Waals surface area contributed by atoms with Crippen LogP contribution < -0.4 is 10.6 Å². The lowest BCUT2D eigenvalue weighted by Crippen LogP contribution is -2.50. The van der Waals surface area contributed by atoms with E-state index in [2.05, 4.69) is 10.6 Å². The molecule has 0 spiro atoms. The van der Waals surface area contributed by atoms with Gasteiger partial charge in [0.2, 0.25) is 0 Å². The minimum absolute atomic E-state index is 0.130. The molecule has 25 heavy (non-hydrogen) atoms. The molecule has 0 aromatic rings. The lowest BCUT2D eigenvalue weighted by molar-refractivity contribution is -0.144. The lowest BCUT2D eigenvalue weighted by Gasteiger charge is -2.26. The molecule has 140 valence electrons. The first-order valence-electron chi connectivity index (χ1n) is 9.14. The van der Waals surface area contributed by atoms with Crippen molar-refractivity contribution in [2.45, 2.75) is 64.8 Å². The van der Waals surface area contributed by atoms with Crippen LogP contribution in [0, 0.1) is 5.92 Å². The summed E-state index contributed by atoms with van der Waals surface area (Å²) in [6.07, 6.45) is 7.35. The molecule has 1 fully saturated rings. The zero-order chi connectivity index (χ0) is 18.2. The molecule has 0 saturated heterocycles. The lowest BCUT2D eigenvalue weighted by atomic mass is 9.86. The molecule has 0 aromatic heterocycles. The maximum absolute atomic E-state index is 12.1. The summed E-state index contributed by atoms with van der Waals surface area (Å²) in [4.78, 5) is 35.7. The molecular weight excluding hydrogens is 324 g/mol. The number of urea groups is 1. The van der Waals surface area contributed by atoms with Crippen LogP contribution in [0.25, 0.3) is 0 Å². The van der Waals surface area contributed by atoms with Crippen molar-refractivity contribution < 1.29 is 23.9 Å². The first-order valence-corrected chi connectivity index (χ1v) is 9.14. The number of hydrogen-bond acceptors (Lipinski definition) is 5. The average Bonchev–Trinajstić information content (AvgIpc) is 2.58. The van der Waals surface area contributed by atoms with Crippen molar-refractivity contribution in [3.8, 4) is 0 Å². The number of esters is 2. The van der Waals surface area contributed by atoms with Crippen molar-refractivity contribution in [2.24, 2.45) is 5.92 Å². The van der Waals surface area contributed by atoms with E-state index >= 15 is 0 Å². The van der Waals surface area contributed by atoms with Crippen LogP contribution in [0.5, 0.6) is 0 Å². The monoisotopic (exact) mass is 352 g/mol. The third-order valence-electron chi connectivity index (χ3n) is 4.72. The summed E-state index contributed by atoms with van der Waals surface area (Å²) >= 11 is 0. The van der Waals surface area contributed by atoms with Crippen LogP contribution in [0.3, 0.4) is 0 Å². The minimum atomic E-state index is -0.518. The Labute approximate surface area is 148 Å². The summed E-state index contributed by atoms with van der Waals surface area (Å²) in [5.41, 5.74) is 0.585. The van der Waals surface area contributed by atoms with Crippen molar-refractivity contribution >= 4 is 18.0 Å². The summed E-state index contributed by atoms with van der Waals surface area (Å²) in [5.74, 6) is -0.216. The molecule has 1 saturated carbocycles. The Morgan fingerprint density at radius 2 is 1.88 bits per heavy atom. The summed E-state index contributed by atoms with van der Waals surface area (Å²) in [6.45, 7) is 3.51. The van der Waals surface area contributed by atoms with E-state index in [1.807, 2.05) is 0 Å². The molecule has 1 atom stereocenters. The third kappa shape index (κ3) is 5.76. The van der Waals surface area contributed by atoms with Gasteiger partial charge < -0.3 is 20.1 Å². The molecule has 7 heteroatoms. The van der Waals surface area contributed by atoms with Crippen molar-refractivity contribution in [1.29, 1.82) is 0 Å². The fourth-order valence-corrected chi connectivity index (χ4v) is 3.42. The van der Waals surface area contributed by atoms with Crippen LogP contribution in [0.1, 0.15) is 58.8 Å². The van der Waals surface area contributed by atoms with Crippen LogP contribution in [0.2, 0.25) is 0 Å². The van der Waals surface area contributed by atoms with Crippen molar-refractivity contribution in [3.63, 3.8) is 0 Å². The Bertz CT molecular complexity index is 538. The first-order chi connectivity index (χ1) is 12.0.